The topological polar surface area (TPSA) is 70.7 Å². The number of halogens is 1. The van der Waals surface area contributed by atoms with Crippen molar-refractivity contribution in [3.8, 4) is 5.75 Å². The minimum Gasteiger partial charge on any atom is -0.495 e. The Morgan fingerprint density at radius 1 is 1.33 bits per heavy atom. The van der Waals surface area contributed by atoms with Crippen LogP contribution in [0.25, 0.3) is 0 Å². The molecule has 1 fully saturated rings. The zero-order valence-corrected chi connectivity index (χ0v) is 17.3. The van der Waals surface area contributed by atoms with Gasteiger partial charge in [-0.05, 0) is 50.9 Å². The van der Waals surface area contributed by atoms with Gasteiger partial charge in [0.2, 0.25) is 11.8 Å². The lowest BCUT2D eigenvalue weighted by atomic mass is 9.86. The van der Waals surface area contributed by atoms with Crippen LogP contribution in [0.5, 0.6) is 5.75 Å². The van der Waals surface area contributed by atoms with Crippen molar-refractivity contribution < 1.29 is 14.3 Å². The summed E-state index contributed by atoms with van der Waals surface area (Å²) < 4.78 is 5.24. The van der Waals surface area contributed by atoms with Gasteiger partial charge in [0.25, 0.3) is 0 Å². The summed E-state index contributed by atoms with van der Waals surface area (Å²) in [5.74, 6) is 0.763. The minimum atomic E-state index is -0.397. The molecule has 0 unspecified atom stereocenters. The van der Waals surface area contributed by atoms with Crippen LogP contribution in [0.4, 0.5) is 5.69 Å². The predicted molar refractivity (Wildman–Crippen MR) is 108 cm³/mol. The van der Waals surface area contributed by atoms with E-state index in [0.29, 0.717) is 22.4 Å². The van der Waals surface area contributed by atoms with E-state index in [4.69, 9.17) is 16.3 Å². The van der Waals surface area contributed by atoms with Crippen molar-refractivity contribution in [3.05, 3.63) is 23.2 Å². The molecule has 0 aromatic heterocycles. The Morgan fingerprint density at radius 2 is 2.04 bits per heavy atom. The summed E-state index contributed by atoms with van der Waals surface area (Å²) in [5.41, 5.74) is 0.511. The van der Waals surface area contributed by atoms with Crippen molar-refractivity contribution >= 4 is 29.1 Å². The molecule has 0 aliphatic heterocycles. The Bertz CT molecular complexity index is 668. The molecule has 150 valence electrons. The van der Waals surface area contributed by atoms with E-state index in [0.717, 1.165) is 19.3 Å². The molecule has 1 aromatic carbocycles. The molecule has 0 bridgehead atoms. The second kappa shape index (κ2) is 9.95. The van der Waals surface area contributed by atoms with Crippen LogP contribution in [-0.4, -0.2) is 49.5 Å². The largest absolute Gasteiger partial charge is 0.495 e. The number of hydrogen-bond donors (Lipinski definition) is 2. The van der Waals surface area contributed by atoms with E-state index in [2.05, 4.69) is 17.6 Å². The summed E-state index contributed by atoms with van der Waals surface area (Å²) in [7, 11) is 3.30. The zero-order chi connectivity index (χ0) is 20.0. The Balaban J connectivity index is 1.89. The van der Waals surface area contributed by atoms with E-state index in [1.165, 1.54) is 13.5 Å². The average molecular weight is 396 g/mol. The average Bonchev–Trinajstić information content (AvgIpc) is 2.63. The van der Waals surface area contributed by atoms with Crippen LogP contribution in [0.2, 0.25) is 5.02 Å². The number of nitrogens with one attached hydrogen (secondary N) is 2. The lowest BCUT2D eigenvalue weighted by Crippen LogP contribution is -2.50. The number of nitrogens with zero attached hydrogens (tertiary/aromatic N) is 1. The van der Waals surface area contributed by atoms with Gasteiger partial charge in [0.05, 0.1) is 25.4 Å². The standard InChI is InChI=1S/C20H30ClN3O3/c1-13-7-5-6-8-16(13)23-20(26)14(2)24(3)12-19(25)22-17-11-15(21)9-10-18(17)27-4/h9-11,13-14,16H,5-8,12H2,1-4H3,(H,22,25)(H,23,26)/t13-,14-,16+/m1/s1. The van der Waals surface area contributed by atoms with Crippen molar-refractivity contribution in [1.82, 2.24) is 10.2 Å². The minimum absolute atomic E-state index is 0.0376. The number of methoxy groups -OCH3 is 1. The number of ether oxygens (including phenoxy) is 1. The van der Waals surface area contributed by atoms with Gasteiger partial charge in [0, 0.05) is 11.1 Å². The van der Waals surface area contributed by atoms with Gasteiger partial charge in [-0.1, -0.05) is 31.4 Å². The van der Waals surface area contributed by atoms with Crippen LogP contribution in [0.1, 0.15) is 39.5 Å². The first-order valence-corrected chi connectivity index (χ1v) is 9.83. The Morgan fingerprint density at radius 3 is 2.70 bits per heavy atom. The second-order valence-corrected chi connectivity index (χ2v) is 7.80. The summed E-state index contributed by atoms with van der Waals surface area (Å²) in [5, 5.41) is 6.45. The van der Waals surface area contributed by atoms with Gasteiger partial charge in [-0.15, -0.1) is 0 Å². The maximum absolute atomic E-state index is 12.6. The van der Waals surface area contributed by atoms with Gasteiger partial charge in [0.1, 0.15) is 5.75 Å². The molecule has 6 nitrogen and oxygen atoms in total. The van der Waals surface area contributed by atoms with Gasteiger partial charge in [-0.2, -0.15) is 0 Å². The molecular weight excluding hydrogens is 366 g/mol. The summed E-state index contributed by atoms with van der Waals surface area (Å²) in [6.45, 7) is 4.09. The third kappa shape index (κ3) is 6.11. The lowest BCUT2D eigenvalue weighted by molar-refractivity contribution is -0.127. The summed E-state index contributed by atoms with van der Waals surface area (Å²) in [4.78, 5) is 26.7. The van der Waals surface area contributed by atoms with E-state index in [1.807, 2.05) is 6.92 Å². The SMILES string of the molecule is COc1ccc(Cl)cc1NC(=O)CN(C)[C@H](C)C(=O)N[C@H]1CCCC[C@H]1C. The number of hydrogen-bond acceptors (Lipinski definition) is 4. The second-order valence-electron chi connectivity index (χ2n) is 7.36. The molecule has 1 aliphatic carbocycles. The van der Waals surface area contributed by atoms with Crippen LogP contribution < -0.4 is 15.4 Å². The van der Waals surface area contributed by atoms with E-state index >= 15 is 0 Å². The van der Waals surface area contributed by atoms with Crippen LogP contribution >= 0.6 is 11.6 Å². The number of carbonyl (C=O) groups excluding carboxylic acids is 2. The van der Waals surface area contributed by atoms with Gasteiger partial charge in [0.15, 0.2) is 0 Å². The number of benzene rings is 1. The van der Waals surface area contributed by atoms with Crippen LogP contribution in [0.15, 0.2) is 18.2 Å². The molecule has 7 heteroatoms. The normalized spacial score (nSPS) is 20.8. The Kier molecular flexibility index (Phi) is 7.92. The summed E-state index contributed by atoms with van der Waals surface area (Å²) in [6, 6.07) is 4.86. The molecule has 2 N–H and O–H groups in total. The lowest BCUT2D eigenvalue weighted by Gasteiger charge is -2.32. The molecule has 2 amide bonds. The quantitative estimate of drug-likeness (QED) is 0.743. The first-order chi connectivity index (χ1) is 12.8. The smallest absolute Gasteiger partial charge is 0.238 e. The monoisotopic (exact) mass is 395 g/mol. The predicted octanol–water partition coefficient (Wildman–Crippen LogP) is 3.30. The van der Waals surface area contributed by atoms with Crippen molar-refractivity contribution in [2.75, 3.05) is 26.0 Å². The molecular formula is C20H30ClN3O3. The number of likely N-dealkylation sites (N-methyl/N-ethyl adjacent to an activating group) is 1. The van der Waals surface area contributed by atoms with Crippen molar-refractivity contribution in [2.24, 2.45) is 5.92 Å². The first-order valence-electron chi connectivity index (χ1n) is 9.45. The van der Waals surface area contributed by atoms with Gasteiger partial charge in [-0.3, -0.25) is 14.5 Å². The van der Waals surface area contributed by atoms with E-state index < -0.39 is 6.04 Å². The molecule has 2 rings (SSSR count). The fourth-order valence-electron chi connectivity index (χ4n) is 3.37. The molecule has 0 saturated heterocycles. The molecule has 0 heterocycles. The molecule has 1 saturated carbocycles. The fraction of sp³-hybridized carbons (Fsp3) is 0.600. The zero-order valence-electron chi connectivity index (χ0n) is 16.5. The van der Waals surface area contributed by atoms with Crippen LogP contribution in [-0.2, 0) is 9.59 Å². The van der Waals surface area contributed by atoms with E-state index in [9.17, 15) is 9.59 Å². The highest BCUT2D eigenvalue weighted by molar-refractivity contribution is 6.31. The number of carbonyl (C=O) groups is 2. The first kappa shape index (κ1) is 21.5. The highest BCUT2D eigenvalue weighted by Crippen LogP contribution is 2.27. The summed E-state index contributed by atoms with van der Waals surface area (Å²) >= 11 is 5.99. The van der Waals surface area contributed by atoms with Crippen LogP contribution in [0.3, 0.4) is 0 Å². The number of anilines is 1. The van der Waals surface area contributed by atoms with Crippen LogP contribution in [0, 0.1) is 5.92 Å². The van der Waals surface area contributed by atoms with Gasteiger partial charge in [-0.25, -0.2) is 0 Å². The third-order valence-corrected chi connectivity index (χ3v) is 5.54. The molecule has 1 aliphatic rings. The highest BCUT2D eigenvalue weighted by Gasteiger charge is 2.27. The van der Waals surface area contributed by atoms with Crippen molar-refractivity contribution in [2.45, 2.75) is 51.6 Å². The van der Waals surface area contributed by atoms with E-state index in [1.54, 1.807) is 30.1 Å². The highest BCUT2D eigenvalue weighted by atomic mass is 35.5. The van der Waals surface area contributed by atoms with E-state index in [-0.39, 0.29) is 24.4 Å². The summed E-state index contributed by atoms with van der Waals surface area (Å²) in [6.07, 6.45) is 4.57. The maximum atomic E-state index is 12.6. The molecule has 0 spiro atoms. The molecule has 3 atom stereocenters. The van der Waals surface area contributed by atoms with Gasteiger partial charge < -0.3 is 15.4 Å². The number of rotatable bonds is 7. The molecule has 0 radical (unpaired) electrons. The van der Waals surface area contributed by atoms with Gasteiger partial charge >= 0.3 is 0 Å². The van der Waals surface area contributed by atoms with Crippen molar-refractivity contribution in [1.29, 1.82) is 0 Å². The Hall–Kier alpha value is -1.79. The maximum Gasteiger partial charge on any atom is 0.238 e. The Labute approximate surface area is 166 Å². The number of amides is 2. The molecule has 27 heavy (non-hydrogen) atoms. The fourth-order valence-corrected chi connectivity index (χ4v) is 3.54. The molecule has 1 aromatic rings. The third-order valence-electron chi connectivity index (χ3n) is 5.31. The van der Waals surface area contributed by atoms with Crippen molar-refractivity contribution in [3.63, 3.8) is 0 Å².